The first-order valence-corrected chi connectivity index (χ1v) is 9.47. The Morgan fingerprint density at radius 1 is 1.22 bits per heavy atom. The van der Waals surface area contributed by atoms with Crippen LogP contribution in [-0.4, -0.2) is 52.4 Å². The lowest BCUT2D eigenvalue weighted by atomic mass is 9.95. The van der Waals surface area contributed by atoms with Crippen molar-refractivity contribution in [2.75, 3.05) is 31.1 Å². The fourth-order valence-corrected chi connectivity index (χ4v) is 4.09. The number of fused-ring (bicyclic) bond motifs is 1. The largest absolute Gasteiger partial charge is 0.371 e. The third kappa shape index (κ3) is 3.30. The maximum Gasteiger partial charge on any atom is 0.257 e. The number of hydrazone groups is 1. The Morgan fingerprint density at radius 3 is 2.63 bits per heavy atom. The average molecular weight is 370 g/mol. The lowest BCUT2D eigenvalue weighted by molar-refractivity contribution is 0.0711. The van der Waals surface area contributed by atoms with Gasteiger partial charge in [0.1, 0.15) is 5.84 Å². The second-order valence-electron chi connectivity index (χ2n) is 7.19. The zero-order valence-corrected chi connectivity index (χ0v) is 15.3. The smallest absolute Gasteiger partial charge is 0.257 e. The number of nitrogens with zero attached hydrogens (tertiary/aromatic N) is 5. The fourth-order valence-electron chi connectivity index (χ4n) is 4.09. The molecule has 9 heteroatoms. The summed E-state index contributed by atoms with van der Waals surface area (Å²) in [4.78, 5) is 17.3. The predicted octanol–water partition coefficient (Wildman–Crippen LogP) is 0.522. The van der Waals surface area contributed by atoms with Crippen LogP contribution in [0.4, 0.5) is 5.69 Å². The molecule has 2 aliphatic rings. The predicted molar refractivity (Wildman–Crippen MR) is 104 cm³/mol. The van der Waals surface area contributed by atoms with Crippen LogP contribution in [-0.2, 0) is 0 Å². The van der Waals surface area contributed by atoms with E-state index < -0.39 is 0 Å². The lowest BCUT2D eigenvalue weighted by Crippen LogP contribution is -2.45. The number of piperidine rings is 1. The van der Waals surface area contributed by atoms with E-state index in [1.54, 1.807) is 10.7 Å². The van der Waals surface area contributed by atoms with Crippen molar-refractivity contribution < 1.29 is 4.79 Å². The van der Waals surface area contributed by atoms with Crippen LogP contribution >= 0.6 is 0 Å². The molecule has 2 aromatic rings. The zero-order valence-electron chi connectivity index (χ0n) is 15.3. The Morgan fingerprint density at radius 2 is 1.96 bits per heavy atom. The quantitative estimate of drug-likeness (QED) is 0.314. The van der Waals surface area contributed by atoms with Gasteiger partial charge in [-0.15, -0.1) is 0 Å². The number of aromatic nitrogens is 2. The van der Waals surface area contributed by atoms with Crippen LogP contribution in [0.3, 0.4) is 0 Å². The van der Waals surface area contributed by atoms with Gasteiger partial charge in [-0.2, -0.15) is 10.2 Å². The number of amides is 1. The van der Waals surface area contributed by atoms with Gasteiger partial charge < -0.3 is 21.1 Å². The number of nitrogens with one attached hydrogen (secondary N) is 1. The summed E-state index contributed by atoms with van der Waals surface area (Å²) in [5.41, 5.74) is 5.22. The number of amidine groups is 1. The molecule has 0 aliphatic carbocycles. The molecular formula is C18H26N8O. The Labute approximate surface area is 157 Å². The highest BCUT2D eigenvalue weighted by atomic mass is 16.2. The van der Waals surface area contributed by atoms with E-state index in [0.717, 1.165) is 37.1 Å². The maximum atomic E-state index is 13.1. The molecule has 0 spiro atoms. The SMILES string of the molecule is N/N=C(\NN)C1CCN(C(=O)c2cnn3ccc(N4CCCC4)cc23)CC1. The molecule has 9 nitrogen and oxygen atoms in total. The average Bonchev–Trinajstić information content (AvgIpc) is 3.38. The van der Waals surface area contributed by atoms with Crippen molar-refractivity contribution in [1.29, 1.82) is 0 Å². The Hall–Kier alpha value is -2.81. The number of hydrazine groups is 1. The molecule has 27 heavy (non-hydrogen) atoms. The summed E-state index contributed by atoms with van der Waals surface area (Å²) < 4.78 is 1.77. The molecule has 4 heterocycles. The number of hydrogen-bond acceptors (Lipinski definition) is 6. The highest BCUT2D eigenvalue weighted by Crippen LogP contribution is 2.25. The first-order chi connectivity index (χ1) is 13.2. The van der Waals surface area contributed by atoms with Gasteiger partial charge in [-0.1, -0.05) is 0 Å². The van der Waals surface area contributed by atoms with Gasteiger partial charge >= 0.3 is 0 Å². The van der Waals surface area contributed by atoms with Gasteiger partial charge in [0.05, 0.1) is 17.3 Å². The summed E-state index contributed by atoms with van der Waals surface area (Å²) in [7, 11) is 0. The minimum absolute atomic E-state index is 0.0222. The number of rotatable bonds is 3. The van der Waals surface area contributed by atoms with Crippen LogP contribution in [0, 0.1) is 5.92 Å². The number of hydrogen-bond donors (Lipinski definition) is 3. The molecule has 1 amide bonds. The van der Waals surface area contributed by atoms with E-state index in [1.165, 1.54) is 12.8 Å². The minimum Gasteiger partial charge on any atom is -0.371 e. The van der Waals surface area contributed by atoms with E-state index in [9.17, 15) is 4.79 Å². The Kier molecular flexibility index (Phi) is 4.85. The summed E-state index contributed by atoms with van der Waals surface area (Å²) in [6, 6.07) is 4.15. The highest BCUT2D eigenvalue weighted by molar-refractivity contribution is 6.01. The van der Waals surface area contributed by atoms with Crippen LogP contribution in [0.25, 0.3) is 5.52 Å². The summed E-state index contributed by atoms with van der Waals surface area (Å²) >= 11 is 0. The topological polar surface area (TPSA) is 117 Å². The van der Waals surface area contributed by atoms with Crippen molar-refractivity contribution in [3.63, 3.8) is 0 Å². The lowest BCUT2D eigenvalue weighted by Gasteiger charge is -2.32. The molecule has 0 saturated carbocycles. The molecule has 5 N–H and O–H groups in total. The van der Waals surface area contributed by atoms with Crippen LogP contribution < -0.4 is 22.0 Å². The van der Waals surface area contributed by atoms with Crippen molar-refractivity contribution in [2.24, 2.45) is 22.7 Å². The Bertz CT molecular complexity index is 846. The van der Waals surface area contributed by atoms with E-state index in [1.807, 2.05) is 11.1 Å². The third-order valence-corrected chi connectivity index (χ3v) is 5.66. The summed E-state index contributed by atoms with van der Waals surface area (Å²) in [6.07, 6.45) is 7.61. The molecule has 0 atom stereocenters. The minimum atomic E-state index is 0.0222. The number of carbonyl (C=O) groups excluding carboxylic acids is 1. The normalized spacial score (nSPS) is 19.1. The number of anilines is 1. The molecule has 2 saturated heterocycles. The molecule has 4 rings (SSSR count). The molecule has 2 aliphatic heterocycles. The summed E-state index contributed by atoms with van der Waals surface area (Å²) in [6.45, 7) is 3.43. The Balaban J connectivity index is 1.52. The van der Waals surface area contributed by atoms with Gasteiger partial charge in [0.15, 0.2) is 0 Å². The van der Waals surface area contributed by atoms with Gasteiger partial charge in [0, 0.05) is 44.0 Å². The van der Waals surface area contributed by atoms with Crippen LogP contribution in [0.1, 0.15) is 36.0 Å². The molecule has 2 aromatic heterocycles. The molecule has 0 bridgehead atoms. The third-order valence-electron chi connectivity index (χ3n) is 5.66. The number of carbonyl (C=O) groups is 1. The highest BCUT2D eigenvalue weighted by Gasteiger charge is 2.28. The molecule has 2 fully saturated rings. The molecule has 0 unspecified atom stereocenters. The van der Waals surface area contributed by atoms with Gasteiger partial charge in [-0.3, -0.25) is 4.79 Å². The molecule has 144 valence electrons. The van der Waals surface area contributed by atoms with Gasteiger partial charge in [-0.05, 0) is 37.8 Å². The maximum absolute atomic E-state index is 13.1. The van der Waals surface area contributed by atoms with E-state index in [2.05, 4.69) is 32.7 Å². The molecular weight excluding hydrogens is 344 g/mol. The monoisotopic (exact) mass is 370 g/mol. The van der Waals surface area contributed by atoms with E-state index >= 15 is 0 Å². The van der Waals surface area contributed by atoms with Crippen LogP contribution in [0.2, 0.25) is 0 Å². The van der Waals surface area contributed by atoms with Crippen LogP contribution in [0.5, 0.6) is 0 Å². The van der Waals surface area contributed by atoms with E-state index in [-0.39, 0.29) is 11.8 Å². The standard InChI is InChI=1S/C18H26N8O/c19-22-17(23-20)13-3-8-25(9-4-13)18(27)15-12-21-26-10-5-14(11-16(15)26)24-6-1-2-7-24/h5,10-13H,1-4,6-9,19-20H2,(H,22,23). The van der Waals surface area contributed by atoms with Crippen molar-refractivity contribution in [2.45, 2.75) is 25.7 Å². The molecule has 0 aromatic carbocycles. The second kappa shape index (κ2) is 7.43. The van der Waals surface area contributed by atoms with E-state index in [4.69, 9.17) is 11.7 Å². The van der Waals surface area contributed by atoms with Gasteiger partial charge in [-0.25, -0.2) is 10.4 Å². The van der Waals surface area contributed by atoms with Crippen molar-refractivity contribution in [3.8, 4) is 0 Å². The first-order valence-electron chi connectivity index (χ1n) is 9.47. The van der Waals surface area contributed by atoms with Gasteiger partial charge in [0.25, 0.3) is 5.91 Å². The zero-order chi connectivity index (χ0) is 18.8. The van der Waals surface area contributed by atoms with Crippen LogP contribution in [0.15, 0.2) is 29.6 Å². The van der Waals surface area contributed by atoms with Gasteiger partial charge in [0.2, 0.25) is 0 Å². The second-order valence-corrected chi connectivity index (χ2v) is 7.19. The summed E-state index contributed by atoms with van der Waals surface area (Å²) in [5.74, 6) is 11.6. The number of pyridine rings is 1. The number of likely N-dealkylation sites (tertiary alicyclic amines) is 1. The number of nitrogens with two attached hydrogens (primary N) is 2. The van der Waals surface area contributed by atoms with Crippen molar-refractivity contribution >= 4 is 22.9 Å². The fraction of sp³-hybridized carbons (Fsp3) is 0.500. The van der Waals surface area contributed by atoms with Crippen molar-refractivity contribution in [1.82, 2.24) is 19.9 Å². The summed E-state index contributed by atoms with van der Waals surface area (Å²) in [5, 5.41) is 8.06. The van der Waals surface area contributed by atoms with E-state index in [0.29, 0.717) is 24.5 Å². The first kappa shape index (κ1) is 17.6. The molecule has 0 radical (unpaired) electrons. The van der Waals surface area contributed by atoms with Crippen molar-refractivity contribution in [3.05, 3.63) is 30.1 Å².